The van der Waals surface area contributed by atoms with Crippen LogP contribution in [0.5, 0.6) is 5.75 Å². The molecule has 4 heteroatoms. The fraction of sp³-hybridized carbons (Fsp3) is 0.250. The average Bonchev–Trinajstić information content (AvgIpc) is 2.44. The summed E-state index contributed by atoms with van der Waals surface area (Å²) >= 11 is 11.9. The van der Waals surface area contributed by atoms with Crippen LogP contribution in [0.25, 0.3) is 0 Å². The number of methoxy groups -OCH3 is 1. The summed E-state index contributed by atoms with van der Waals surface area (Å²) in [6.45, 7) is 3.98. The topological polar surface area (TPSA) is 29.5 Å². The number of hydrogen-bond acceptors (Lipinski definition) is 2. The first kappa shape index (κ1) is 15.2. The van der Waals surface area contributed by atoms with Crippen molar-refractivity contribution in [1.82, 2.24) is 0 Å². The minimum atomic E-state index is -0.806. The Kier molecular flexibility index (Phi) is 4.59. The van der Waals surface area contributed by atoms with Crippen LogP contribution in [-0.2, 0) is 0 Å². The number of rotatable bonds is 3. The molecule has 1 N–H and O–H groups in total. The Morgan fingerprint density at radius 3 is 2.35 bits per heavy atom. The number of aryl methyl sites for hydroxylation is 1. The highest BCUT2D eigenvalue weighted by Gasteiger charge is 2.18. The molecule has 1 atom stereocenters. The molecule has 0 aliphatic carbocycles. The van der Waals surface area contributed by atoms with Crippen molar-refractivity contribution >= 4 is 23.2 Å². The highest BCUT2D eigenvalue weighted by atomic mass is 35.5. The number of hydrogen-bond donors (Lipinski definition) is 1. The monoisotopic (exact) mass is 310 g/mol. The molecule has 106 valence electrons. The molecule has 2 nitrogen and oxygen atoms in total. The molecule has 0 bridgehead atoms. The second kappa shape index (κ2) is 6.04. The van der Waals surface area contributed by atoms with Crippen molar-refractivity contribution in [3.05, 3.63) is 62.6 Å². The Morgan fingerprint density at radius 1 is 1.05 bits per heavy atom. The highest BCUT2D eigenvalue weighted by Crippen LogP contribution is 2.35. The van der Waals surface area contributed by atoms with Gasteiger partial charge in [0, 0.05) is 5.56 Å². The van der Waals surface area contributed by atoms with E-state index in [2.05, 4.69) is 0 Å². The van der Waals surface area contributed by atoms with Crippen molar-refractivity contribution in [2.24, 2.45) is 0 Å². The van der Waals surface area contributed by atoms with Crippen LogP contribution >= 0.6 is 23.2 Å². The molecule has 20 heavy (non-hydrogen) atoms. The molecule has 0 heterocycles. The van der Waals surface area contributed by atoms with E-state index >= 15 is 0 Å². The Morgan fingerprint density at radius 2 is 1.75 bits per heavy atom. The van der Waals surface area contributed by atoms with Crippen LogP contribution in [0, 0.1) is 13.8 Å². The largest absolute Gasteiger partial charge is 0.496 e. The van der Waals surface area contributed by atoms with Crippen molar-refractivity contribution in [3.8, 4) is 5.75 Å². The maximum atomic E-state index is 10.6. The summed E-state index contributed by atoms with van der Waals surface area (Å²) in [5.74, 6) is 0.698. The first-order chi connectivity index (χ1) is 9.45. The lowest BCUT2D eigenvalue weighted by molar-refractivity contribution is 0.214. The predicted molar refractivity (Wildman–Crippen MR) is 83.0 cm³/mol. The second-order valence-corrected chi connectivity index (χ2v) is 5.52. The van der Waals surface area contributed by atoms with Gasteiger partial charge < -0.3 is 9.84 Å². The minimum Gasteiger partial charge on any atom is -0.496 e. The van der Waals surface area contributed by atoms with Gasteiger partial charge in [-0.25, -0.2) is 0 Å². The van der Waals surface area contributed by atoms with Crippen molar-refractivity contribution in [2.75, 3.05) is 7.11 Å². The van der Waals surface area contributed by atoms with Gasteiger partial charge in [0.2, 0.25) is 0 Å². The fourth-order valence-electron chi connectivity index (χ4n) is 2.16. The molecule has 0 saturated carbocycles. The Hall–Kier alpha value is -1.22. The van der Waals surface area contributed by atoms with Gasteiger partial charge in [0.25, 0.3) is 0 Å². The summed E-state index contributed by atoms with van der Waals surface area (Å²) in [6, 6.07) is 8.94. The normalized spacial score (nSPS) is 12.3. The average molecular weight is 311 g/mol. The molecule has 0 saturated heterocycles. The zero-order valence-corrected chi connectivity index (χ0v) is 13.1. The van der Waals surface area contributed by atoms with E-state index in [1.165, 1.54) is 0 Å². The summed E-state index contributed by atoms with van der Waals surface area (Å²) in [4.78, 5) is 0. The van der Waals surface area contributed by atoms with Crippen molar-refractivity contribution in [2.45, 2.75) is 20.0 Å². The van der Waals surface area contributed by atoms with E-state index in [1.54, 1.807) is 25.3 Å². The van der Waals surface area contributed by atoms with E-state index < -0.39 is 6.10 Å². The Balaban J connectivity index is 2.50. The lowest BCUT2D eigenvalue weighted by Gasteiger charge is -2.18. The molecular formula is C16H16Cl2O2. The van der Waals surface area contributed by atoms with Gasteiger partial charge in [-0.05, 0) is 42.7 Å². The Bertz CT molecular complexity index is 639. The molecule has 0 spiro atoms. The molecule has 2 rings (SSSR count). The molecule has 0 fully saturated rings. The van der Waals surface area contributed by atoms with E-state index in [0.29, 0.717) is 26.9 Å². The van der Waals surface area contributed by atoms with Gasteiger partial charge in [0.15, 0.2) is 0 Å². The molecule has 0 amide bonds. The molecule has 1 unspecified atom stereocenters. The van der Waals surface area contributed by atoms with Crippen molar-refractivity contribution in [3.63, 3.8) is 0 Å². The van der Waals surface area contributed by atoms with Gasteiger partial charge in [0.05, 0.1) is 17.2 Å². The standard InChI is InChI=1S/C16H16Cl2O2/c1-9-4-6-12(16(20-3)10(9)2)15(19)11-5-7-13(17)14(18)8-11/h4-8,15,19H,1-3H3. The first-order valence-corrected chi connectivity index (χ1v) is 6.98. The fourth-order valence-corrected chi connectivity index (χ4v) is 2.47. The third-order valence-corrected chi connectivity index (χ3v) is 4.20. The summed E-state index contributed by atoms with van der Waals surface area (Å²) in [6.07, 6.45) is -0.806. The summed E-state index contributed by atoms with van der Waals surface area (Å²) in [7, 11) is 1.60. The van der Waals surface area contributed by atoms with Crippen LogP contribution in [0.15, 0.2) is 30.3 Å². The molecule has 2 aromatic rings. The molecular weight excluding hydrogens is 295 g/mol. The lowest BCUT2D eigenvalue weighted by atomic mass is 9.96. The quantitative estimate of drug-likeness (QED) is 0.890. The highest BCUT2D eigenvalue weighted by molar-refractivity contribution is 6.42. The van der Waals surface area contributed by atoms with Gasteiger partial charge in [-0.2, -0.15) is 0 Å². The number of ether oxygens (including phenoxy) is 1. The van der Waals surface area contributed by atoms with Gasteiger partial charge >= 0.3 is 0 Å². The zero-order valence-electron chi connectivity index (χ0n) is 11.6. The molecule has 0 radical (unpaired) electrons. The third-order valence-electron chi connectivity index (χ3n) is 3.47. The van der Waals surface area contributed by atoms with Crippen molar-refractivity contribution < 1.29 is 9.84 Å². The van der Waals surface area contributed by atoms with Crippen LogP contribution in [0.2, 0.25) is 10.0 Å². The van der Waals surface area contributed by atoms with Gasteiger partial charge in [0.1, 0.15) is 11.9 Å². The van der Waals surface area contributed by atoms with Crippen LogP contribution in [-0.4, -0.2) is 12.2 Å². The summed E-state index contributed by atoms with van der Waals surface area (Å²) < 4.78 is 5.43. The van der Waals surface area contributed by atoms with Gasteiger partial charge in [-0.1, -0.05) is 41.4 Å². The smallest absolute Gasteiger partial charge is 0.128 e. The Labute approximate surface area is 128 Å². The first-order valence-electron chi connectivity index (χ1n) is 6.22. The van der Waals surface area contributed by atoms with Gasteiger partial charge in [-0.15, -0.1) is 0 Å². The zero-order chi connectivity index (χ0) is 14.9. The van der Waals surface area contributed by atoms with E-state index in [1.807, 2.05) is 26.0 Å². The maximum Gasteiger partial charge on any atom is 0.128 e. The number of aliphatic hydroxyl groups excluding tert-OH is 1. The molecule has 2 aromatic carbocycles. The number of benzene rings is 2. The predicted octanol–water partition coefficient (Wildman–Crippen LogP) is 4.70. The van der Waals surface area contributed by atoms with Crippen molar-refractivity contribution in [1.29, 1.82) is 0 Å². The molecule has 0 aliphatic heterocycles. The second-order valence-electron chi connectivity index (χ2n) is 4.71. The summed E-state index contributed by atoms with van der Waals surface area (Å²) in [5, 5.41) is 11.4. The van der Waals surface area contributed by atoms with Crippen LogP contribution in [0.1, 0.15) is 28.4 Å². The third kappa shape index (κ3) is 2.78. The minimum absolute atomic E-state index is 0.422. The molecule has 0 aliphatic rings. The maximum absolute atomic E-state index is 10.6. The van der Waals surface area contributed by atoms with Crippen LogP contribution in [0.4, 0.5) is 0 Å². The van der Waals surface area contributed by atoms with Crippen LogP contribution in [0.3, 0.4) is 0 Å². The lowest BCUT2D eigenvalue weighted by Crippen LogP contribution is -2.04. The summed E-state index contributed by atoms with van der Waals surface area (Å²) in [5.41, 5.74) is 3.53. The van der Waals surface area contributed by atoms with E-state index in [-0.39, 0.29) is 0 Å². The van der Waals surface area contributed by atoms with Gasteiger partial charge in [-0.3, -0.25) is 0 Å². The van der Waals surface area contributed by atoms with E-state index in [0.717, 1.165) is 11.1 Å². The number of aliphatic hydroxyl groups is 1. The van der Waals surface area contributed by atoms with E-state index in [4.69, 9.17) is 27.9 Å². The van der Waals surface area contributed by atoms with E-state index in [9.17, 15) is 5.11 Å². The van der Waals surface area contributed by atoms with Crippen LogP contribution < -0.4 is 4.74 Å². The SMILES string of the molecule is COc1c(C(O)c2ccc(Cl)c(Cl)c2)ccc(C)c1C. The number of halogens is 2. The molecule has 0 aromatic heterocycles.